The molecule has 106 valence electrons. The highest BCUT2D eigenvalue weighted by Crippen LogP contribution is 2.20. The van der Waals surface area contributed by atoms with Crippen LogP contribution in [0.1, 0.15) is 29.5 Å². The molecule has 0 spiro atoms. The molecule has 3 nitrogen and oxygen atoms in total. The first-order chi connectivity index (χ1) is 10.3. The van der Waals surface area contributed by atoms with E-state index in [4.69, 9.17) is 10.00 Å². The van der Waals surface area contributed by atoms with Gasteiger partial charge in [0.2, 0.25) is 0 Å². The average molecular weight is 278 g/mol. The first kappa shape index (κ1) is 13.7. The number of hydrogen-bond donors (Lipinski definition) is 1. The van der Waals surface area contributed by atoms with Gasteiger partial charge in [-0.3, -0.25) is 0 Å². The quantitative estimate of drug-likeness (QED) is 0.881. The van der Waals surface area contributed by atoms with Gasteiger partial charge in [-0.05, 0) is 36.6 Å². The highest BCUT2D eigenvalue weighted by Gasteiger charge is 2.19. The lowest BCUT2D eigenvalue weighted by Gasteiger charge is -2.09. The molecule has 0 radical (unpaired) electrons. The minimum Gasteiger partial charge on any atom is -0.489 e. The Balaban J connectivity index is 1.56. The van der Waals surface area contributed by atoms with E-state index in [1.807, 2.05) is 36.4 Å². The van der Waals surface area contributed by atoms with E-state index in [1.54, 1.807) is 0 Å². The third-order valence-corrected chi connectivity index (χ3v) is 3.63. The maximum Gasteiger partial charge on any atom is 0.119 e. The summed E-state index contributed by atoms with van der Waals surface area (Å²) < 4.78 is 5.76. The van der Waals surface area contributed by atoms with Crippen molar-refractivity contribution in [1.29, 1.82) is 5.26 Å². The molecule has 0 aliphatic heterocycles. The van der Waals surface area contributed by atoms with Gasteiger partial charge < -0.3 is 10.1 Å². The van der Waals surface area contributed by atoms with Crippen LogP contribution < -0.4 is 10.1 Å². The summed E-state index contributed by atoms with van der Waals surface area (Å²) in [6.07, 6.45) is 2.61. The second kappa shape index (κ2) is 6.43. The first-order valence-corrected chi connectivity index (χ1v) is 7.28. The molecule has 0 amide bonds. The number of benzene rings is 2. The van der Waals surface area contributed by atoms with Crippen molar-refractivity contribution < 1.29 is 4.74 Å². The Bertz CT molecular complexity index is 639. The Morgan fingerprint density at radius 2 is 1.86 bits per heavy atom. The molecular formula is C18H18N2O. The predicted molar refractivity (Wildman–Crippen MR) is 81.8 cm³/mol. The largest absolute Gasteiger partial charge is 0.489 e. The minimum absolute atomic E-state index is 0.420. The van der Waals surface area contributed by atoms with Crippen molar-refractivity contribution in [3.05, 3.63) is 65.2 Å². The number of nitriles is 1. The first-order valence-electron chi connectivity index (χ1n) is 7.28. The van der Waals surface area contributed by atoms with Gasteiger partial charge in [0.05, 0.1) is 11.6 Å². The summed E-state index contributed by atoms with van der Waals surface area (Å²) in [5.74, 6) is 0.831. The van der Waals surface area contributed by atoms with Crippen molar-refractivity contribution in [2.45, 2.75) is 32.0 Å². The summed E-state index contributed by atoms with van der Waals surface area (Å²) in [6.45, 7) is 1.34. The van der Waals surface area contributed by atoms with Gasteiger partial charge in [0.25, 0.3) is 0 Å². The number of nitrogens with zero attached hydrogens (tertiary/aromatic N) is 1. The molecule has 1 fully saturated rings. The van der Waals surface area contributed by atoms with Crippen molar-refractivity contribution in [2.24, 2.45) is 0 Å². The van der Waals surface area contributed by atoms with Crippen molar-refractivity contribution in [1.82, 2.24) is 5.32 Å². The predicted octanol–water partition coefficient (Wildman–Crippen LogP) is 3.39. The molecular weight excluding hydrogens is 260 g/mol. The second-order valence-electron chi connectivity index (χ2n) is 5.36. The minimum atomic E-state index is 0.420. The Kier molecular flexibility index (Phi) is 4.18. The van der Waals surface area contributed by atoms with Crippen LogP contribution in [0.4, 0.5) is 0 Å². The van der Waals surface area contributed by atoms with Gasteiger partial charge in [0.15, 0.2) is 0 Å². The lowest BCUT2D eigenvalue weighted by Crippen LogP contribution is -2.15. The highest BCUT2D eigenvalue weighted by atomic mass is 16.5. The molecule has 0 heterocycles. The van der Waals surface area contributed by atoms with Gasteiger partial charge >= 0.3 is 0 Å². The van der Waals surface area contributed by atoms with Crippen LogP contribution in [0.25, 0.3) is 0 Å². The zero-order valence-corrected chi connectivity index (χ0v) is 11.9. The van der Waals surface area contributed by atoms with Gasteiger partial charge in [0, 0.05) is 18.2 Å². The number of rotatable bonds is 6. The van der Waals surface area contributed by atoms with Crippen LogP contribution in [0.3, 0.4) is 0 Å². The molecule has 0 bridgehead atoms. The third-order valence-electron chi connectivity index (χ3n) is 3.63. The molecule has 3 heteroatoms. The van der Waals surface area contributed by atoms with Gasteiger partial charge in [-0.25, -0.2) is 0 Å². The molecule has 3 rings (SSSR count). The van der Waals surface area contributed by atoms with Gasteiger partial charge in [0.1, 0.15) is 12.4 Å². The van der Waals surface area contributed by atoms with Crippen molar-refractivity contribution >= 4 is 0 Å². The van der Waals surface area contributed by atoms with Crippen LogP contribution in [0.2, 0.25) is 0 Å². The lowest BCUT2D eigenvalue weighted by atomic mass is 10.1. The molecule has 2 aromatic carbocycles. The number of nitrogens with one attached hydrogen (secondary N) is 1. The molecule has 0 atom stereocenters. The Labute approximate surface area is 125 Å². The summed E-state index contributed by atoms with van der Waals surface area (Å²) in [6, 6.07) is 18.6. The van der Waals surface area contributed by atoms with E-state index in [9.17, 15) is 0 Å². The Morgan fingerprint density at radius 1 is 1.10 bits per heavy atom. The Morgan fingerprint density at radius 3 is 2.57 bits per heavy atom. The molecule has 0 unspecified atom stereocenters. The van der Waals surface area contributed by atoms with E-state index < -0.39 is 0 Å². The normalized spacial score (nSPS) is 13.7. The zero-order chi connectivity index (χ0) is 14.5. The maximum atomic E-state index is 9.05. The number of ether oxygens (including phenoxy) is 1. The van der Waals surface area contributed by atoms with Gasteiger partial charge in [-0.2, -0.15) is 5.26 Å². The number of hydrogen-bond acceptors (Lipinski definition) is 3. The summed E-state index contributed by atoms with van der Waals surface area (Å²) in [5.41, 5.74) is 2.86. The van der Waals surface area contributed by atoms with E-state index in [0.717, 1.165) is 23.9 Å². The Hall–Kier alpha value is -2.31. The van der Waals surface area contributed by atoms with Crippen LogP contribution >= 0.6 is 0 Å². The van der Waals surface area contributed by atoms with Gasteiger partial charge in [-0.15, -0.1) is 0 Å². The lowest BCUT2D eigenvalue weighted by molar-refractivity contribution is 0.306. The molecule has 21 heavy (non-hydrogen) atoms. The van der Waals surface area contributed by atoms with Crippen molar-refractivity contribution in [3.63, 3.8) is 0 Å². The maximum absolute atomic E-state index is 9.05. The van der Waals surface area contributed by atoms with E-state index >= 15 is 0 Å². The van der Waals surface area contributed by atoms with Crippen LogP contribution in [-0.2, 0) is 13.2 Å². The van der Waals surface area contributed by atoms with Crippen LogP contribution in [0, 0.1) is 11.3 Å². The fourth-order valence-corrected chi connectivity index (χ4v) is 2.17. The van der Waals surface area contributed by atoms with Crippen LogP contribution in [0.15, 0.2) is 48.5 Å². The molecule has 1 saturated carbocycles. The highest BCUT2D eigenvalue weighted by molar-refractivity contribution is 5.37. The molecule has 0 saturated heterocycles. The molecule has 1 aliphatic carbocycles. The zero-order valence-electron chi connectivity index (χ0n) is 11.9. The van der Waals surface area contributed by atoms with E-state index in [0.29, 0.717) is 12.2 Å². The van der Waals surface area contributed by atoms with Crippen LogP contribution in [0.5, 0.6) is 5.75 Å². The molecule has 0 aromatic heterocycles. The van der Waals surface area contributed by atoms with E-state index in [2.05, 4.69) is 23.5 Å². The monoisotopic (exact) mass is 278 g/mol. The molecule has 2 aromatic rings. The van der Waals surface area contributed by atoms with Crippen molar-refractivity contribution in [3.8, 4) is 11.8 Å². The average Bonchev–Trinajstić information content (AvgIpc) is 3.36. The molecule has 1 N–H and O–H groups in total. The fraction of sp³-hybridized carbons (Fsp3) is 0.278. The summed E-state index contributed by atoms with van der Waals surface area (Å²) in [7, 11) is 0. The SMILES string of the molecule is N#Cc1ccccc1COc1ccc(CNC2CC2)cc1. The molecule has 1 aliphatic rings. The smallest absolute Gasteiger partial charge is 0.119 e. The van der Waals surface area contributed by atoms with Gasteiger partial charge in [-0.1, -0.05) is 30.3 Å². The summed E-state index contributed by atoms with van der Waals surface area (Å²) in [4.78, 5) is 0. The van der Waals surface area contributed by atoms with Crippen LogP contribution in [-0.4, -0.2) is 6.04 Å². The summed E-state index contributed by atoms with van der Waals surface area (Å²) in [5, 5.41) is 12.5. The van der Waals surface area contributed by atoms with E-state index in [1.165, 1.54) is 18.4 Å². The third kappa shape index (κ3) is 3.84. The second-order valence-corrected chi connectivity index (χ2v) is 5.36. The van der Waals surface area contributed by atoms with Crippen molar-refractivity contribution in [2.75, 3.05) is 0 Å². The topological polar surface area (TPSA) is 45.0 Å². The fourth-order valence-electron chi connectivity index (χ4n) is 2.17. The summed E-state index contributed by atoms with van der Waals surface area (Å²) >= 11 is 0. The standard InChI is InChI=1S/C18H18N2O/c19-11-15-3-1-2-4-16(15)13-21-18-9-5-14(6-10-18)12-20-17-7-8-17/h1-6,9-10,17,20H,7-8,12-13H2. The van der Waals surface area contributed by atoms with E-state index in [-0.39, 0.29) is 0 Å².